The molecule has 1 atom stereocenters. The van der Waals surface area contributed by atoms with Crippen molar-refractivity contribution >= 4 is 0 Å². The van der Waals surface area contributed by atoms with Gasteiger partial charge in [-0.15, -0.1) is 0 Å². The van der Waals surface area contributed by atoms with Gasteiger partial charge in [-0.2, -0.15) is 10.4 Å². The van der Waals surface area contributed by atoms with E-state index in [1.54, 1.807) is 4.68 Å². The smallest absolute Gasteiger partial charge is 0.123 e. The third-order valence-corrected chi connectivity index (χ3v) is 3.31. The molecule has 0 amide bonds. The van der Waals surface area contributed by atoms with Crippen molar-refractivity contribution in [2.24, 2.45) is 7.05 Å². The highest BCUT2D eigenvalue weighted by Crippen LogP contribution is 2.30. The van der Waals surface area contributed by atoms with Gasteiger partial charge in [0.1, 0.15) is 5.82 Å². The van der Waals surface area contributed by atoms with Gasteiger partial charge in [0.05, 0.1) is 17.3 Å². The van der Waals surface area contributed by atoms with Gasteiger partial charge in [0.2, 0.25) is 0 Å². The van der Waals surface area contributed by atoms with Crippen molar-refractivity contribution in [3.63, 3.8) is 0 Å². The summed E-state index contributed by atoms with van der Waals surface area (Å²) in [6.45, 7) is 3.95. The largest absolute Gasteiger partial charge is 0.272 e. The lowest BCUT2D eigenvalue weighted by atomic mass is 9.89. The second-order valence-corrected chi connectivity index (χ2v) is 4.64. The summed E-state index contributed by atoms with van der Waals surface area (Å²) in [7, 11) is 1.87. The first-order chi connectivity index (χ1) is 9.06. The number of hydrogen-bond donors (Lipinski definition) is 0. The molecule has 19 heavy (non-hydrogen) atoms. The molecule has 0 aliphatic heterocycles. The minimum Gasteiger partial charge on any atom is -0.272 e. The number of rotatable bonds is 3. The molecule has 98 valence electrons. The van der Waals surface area contributed by atoms with Crippen molar-refractivity contribution in [1.29, 1.82) is 5.26 Å². The zero-order chi connectivity index (χ0) is 14.0. The molecule has 2 rings (SSSR count). The predicted molar refractivity (Wildman–Crippen MR) is 71.2 cm³/mol. The summed E-state index contributed by atoms with van der Waals surface area (Å²) in [5.74, 6) is -0.331. The lowest BCUT2D eigenvalue weighted by molar-refractivity contribution is 0.612. The van der Waals surface area contributed by atoms with Gasteiger partial charge in [-0.3, -0.25) is 4.68 Å². The van der Waals surface area contributed by atoms with Crippen molar-refractivity contribution in [1.82, 2.24) is 9.78 Å². The molecule has 0 unspecified atom stereocenters. The summed E-state index contributed by atoms with van der Waals surface area (Å²) >= 11 is 0. The molecule has 0 fully saturated rings. The Morgan fingerprint density at radius 2 is 2.16 bits per heavy atom. The summed E-state index contributed by atoms with van der Waals surface area (Å²) in [5.41, 5.74) is 3.17. The van der Waals surface area contributed by atoms with Crippen LogP contribution in [0.1, 0.15) is 41.8 Å². The third kappa shape index (κ3) is 2.50. The number of hydrogen-bond acceptors (Lipinski definition) is 2. The SMILES string of the molecule is CC[C@H](c1cc(F)ccc1C#N)c1cc(C)nn1C. The molecule has 1 aromatic carbocycles. The van der Waals surface area contributed by atoms with Crippen LogP contribution in [0.5, 0.6) is 0 Å². The first-order valence-corrected chi connectivity index (χ1v) is 6.27. The van der Waals surface area contributed by atoms with Crippen LogP contribution >= 0.6 is 0 Å². The highest BCUT2D eigenvalue weighted by Gasteiger charge is 2.20. The average molecular weight is 257 g/mol. The first kappa shape index (κ1) is 13.3. The van der Waals surface area contributed by atoms with Gasteiger partial charge in [-0.05, 0) is 43.2 Å². The molecule has 3 nitrogen and oxygen atoms in total. The number of nitrogens with zero attached hydrogens (tertiary/aromatic N) is 3. The summed E-state index contributed by atoms with van der Waals surface area (Å²) in [6, 6.07) is 8.44. The van der Waals surface area contributed by atoms with E-state index in [1.807, 2.05) is 27.0 Å². The van der Waals surface area contributed by atoms with Crippen LogP contribution in [0, 0.1) is 24.1 Å². The molecule has 2 aromatic rings. The van der Waals surface area contributed by atoms with Crippen LogP contribution in [-0.4, -0.2) is 9.78 Å². The Kier molecular flexibility index (Phi) is 3.66. The van der Waals surface area contributed by atoms with Crippen LogP contribution < -0.4 is 0 Å². The number of aromatic nitrogens is 2. The fourth-order valence-electron chi connectivity index (χ4n) is 2.47. The average Bonchev–Trinajstić information content (AvgIpc) is 2.70. The second-order valence-electron chi connectivity index (χ2n) is 4.64. The summed E-state index contributed by atoms with van der Waals surface area (Å²) < 4.78 is 15.3. The lowest BCUT2D eigenvalue weighted by Gasteiger charge is -2.17. The molecular weight excluding hydrogens is 241 g/mol. The molecular formula is C15H16FN3. The standard InChI is InChI=1S/C15H16FN3/c1-4-13(15-7-10(2)18-19(15)3)14-8-12(16)6-5-11(14)9-17/h5-8,13H,4H2,1-3H3/t13-/m1/s1. The molecule has 0 spiro atoms. The van der Waals surface area contributed by atoms with Crippen molar-refractivity contribution in [3.05, 3.63) is 52.6 Å². The highest BCUT2D eigenvalue weighted by atomic mass is 19.1. The molecule has 4 heteroatoms. The van der Waals surface area contributed by atoms with Gasteiger partial charge in [0.25, 0.3) is 0 Å². The maximum Gasteiger partial charge on any atom is 0.123 e. The Balaban J connectivity index is 2.57. The topological polar surface area (TPSA) is 41.6 Å². The second kappa shape index (κ2) is 5.23. The minimum atomic E-state index is -0.314. The van der Waals surface area contributed by atoms with Crippen molar-refractivity contribution in [2.45, 2.75) is 26.2 Å². The zero-order valence-electron chi connectivity index (χ0n) is 11.3. The zero-order valence-corrected chi connectivity index (χ0v) is 11.3. The van der Waals surface area contributed by atoms with Crippen molar-refractivity contribution < 1.29 is 4.39 Å². The van der Waals surface area contributed by atoms with E-state index in [2.05, 4.69) is 11.2 Å². The number of nitriles is 1. The van der Waals surface area contributed by atoms with Crippen LogP contribution in [0.15, 0.2) is 24.3 Å². The molecule has 0 radical (unpaired) electrons. The van der Waals surface area contributed by atoms with Crippen molar-refractivity contribution in [2.75, 3.05) is 0 Å². The van der Waals surface area contributed by atoms with E-state index in [-0.39, 0.29) is 11.7 Å². The van der Waals surface area contributed by atoms with Gasteiger partial charge in [0, 0.05) is 18.7 Å². The summed E-state index contributed by atoms with van der Waals surface area (Å²) in [4.78, 5) is 0. The van der Waals surface area contributed by atoms with Crippen LogP contribution in [0.25, 0.3) is 0 Å². The fourth-order valence-corrected chi connectivity index (χ4v) is 2.47. The number of benzene rings is 1. The van der Waals surface area contributed by atoms with E-state index in [9.17, 15) is 9.65 Å². The normalized spacial score (nSPS) is 12.2. The number of aryl methyl sites for hydroxylation is 2. The van der Waals surface area contributed by atoms with Gasteiger partial charge in [-0.1, -0.05) is 6.92 Å². The molecule has 0 aliphatic rings. The Hall–Kier alpha value is -2.15. The van der Waals surface area contributed by atoms with Gasteiger partial charge < -0.3 is 0 Å². The highest BCUT2D eigenvalue weighted by molar-refractivity contribution is 5.43. The van der Waals surface area contributed by atoms with Gasteiger partial charge >= 0.3 is 0 Å². The van der Waals surface area contributed by atoms with E-state index in [0.717, 1.165) is 23.4 Å². The quantitative estimate of drug-likeness (QED) is 0.846. The monoisotopic (exact) mass is 257 g/mol. The molecule has 1 aromatic heterocycles. The Bertz CT molecular complexity index is 637. The Labute approximate surface area is 112 Å². The van der Waals surface area contributed by atoms with E-state index in [4.69, 9.17) is 0 Å². The van der Waals surface area contributed by atoms with Crippen molar-refractivity contribution in [3.8, 4) is 6.07 Å². The van der Waals surface area contributed by atoms with E-state index >= 15 is 0 Å². The third-order valence-electron chi connectivity index (χ3n) is 3.31. The lowest BCUT2D eigenvalue weighted by Crippen LogP contribution is -2.08. The van der Waals surface area contributed by atoms with Crippen LogP contribution in [-0.2, 0) is 7.05 Å². The van der Waals surface area contributed by atoms with Crippen LogP contribution in [0.4, 0.5) is 4.39 Å². The Morgan fingerprint density at radius 3 is 2.68 bits per heavy atom. The summed E-state index contributed by atoms with van der Waals surface area (Å²) in [6.07, 6.45) is 0.789. The minimum absolute atomic E-state index is 0.0171. The fraction of sp³-hybridized carbons (Fsp3) is 0.333. The van der Waals surface area contributed by atoms with Gasteiger partial charge in [-0.25, -0.2) is 4.39 Å². The van der Waals surface area contributed by atoms with E-state index < -0.39 is 0 Å². The Morgan fingerprint density at radius 1 is 1.42 bits per heavy atom. The predicted octanol–water partition coefficient (Wildman–Crippen LogP) is 3.28. The summed E-state index contributed by atoms with van der Waals surface area (Å²) in [5, 5.41) is 13.5. The molecule has 0 saturated heterocycles. The van der Waals surface area contributed by atoms with Gasteiger partial charge in [0.15, 0.2) is 0 Å². The molecule has 0 aliphatic carbocycles. The maximum absolute atomic E-state index is 13.5. The van der Waals surface area contributed by atoms with Crippen LogP contribution in [0.2, 0.25) is 0 Å². The van der Waals surface area contributed by atoms with E-state index in [1.165, 1.54) is 18.2 Å². The molecule has 0 N–H and O–H groups in total. The number of halogens is 1. The first-order valence-electron chi connectivity index (χ1n) is 6.27. The maximum atomic E-state index is 13.5. The van der Waals surface area contributed by atoms with Crippen LogP contribution in [0.3, 0.4) is 0 Å². The van der Waals surface area contributed by atoms with E-state index in [0.29, 0.717) is 5.56 Å². The molecule has 0 bridgehead atoms. The molecule has 1 heterocycles. The molecule has 0 saturated carbocycles.